The zero-order valence-corrected chi connectivity index (χ0v) is 31.1. The van der Waals surface area contributed by atoms with Crippen LogP contribution in [0, 0.1) is 23.2 Å². The molecule has 0 spiro atoms. The first kappa shape index (κ1) is 37.7. The standard InChI is InChI=1S/C39H56N6O7/c1-5-11-26(32(47)37(51)41-24-16-17-24)42-35(49)28-19-22-14-10-15-25-31(22)45(28)38(52)33(39(25,3)4)44-36(50)30(21-12-8-7-9-13-21)43-34(48)27-18-23(20-40-27)29(46)6-2/h18,20-22,24-26,28,30-31,33,40H,5-17,19H2,1-4H3,(H,41,51)(H,42,49)(H,43,48)(H,44,50)/t22-,25?,26-,28-,30-,31+,33+/m0/s1. The highest BCUT2D eigenvalue weighted by molar-refractivity contribution is 6.38. The average Bonchev–Trinajstić information content (AvgIpc) is 3.64. The van der Waals surface area contributed by atoms with Gasteiger partial charge in [-0.1, -0.05) is 59.8 Å². The van der Waals surface area contributed by atoms with E-state index in [1.165, 1.54) is 12.3 Å². The van der Waals surface area contributed by atoms with E-state index in [0.29, 0.717) is 31.2 Å². The molecule has 7 atom stereocenters. The molecule has 52 heavy (non-hydrogen) atoms. The lowest BCUT2D eigenvalue weighted by Crippen LogP contribution is -2.70. The van der Waals surface area contributed by atoms with Crippen molar-refractivity contribution in [1.82, 2.24) is 31.2 Å². The maximum Gasteiger partial charge on any atom is 0.289 e. The monoisotopic (exact) mass is 720 g/mol. The van der Waals surface area contributed by atoms with Gasteiger partial charge < -0.3 is 31.2 Å². The zero-order chi connectivity index (χ0) is 37.3. The molecule has 0 radical (unpaired) electrons. The molecule has 3 aliphatic carbocycles. The molecule has 5 amide bonds. The average molecular weight is 721 g/mol. The van der Waals surface area contributed by atoms with Gasteiger partial charge in [0.2, 0.25) is 23.5 Å². The molecule has 13 nitrogen and oxygen atoms in total. The Morgan fingerprint density at radius 1 is 0.923 bits per heavy atom. The van der Waals surface area contributed by atoms with Crippen molar-refractivity contribution in [3.63, 3.8) is 0 Å². The summed E-state index contributed by atoms with van der Waals surface area (Å²) < 4.78 is 0. The van der Waals surface area contributed by atoms with Crippen LogP contribution in [-0.4, -0.2) is 87.2 Å². The molecule has 1 aromatic heterocycles. The summed E-state index contributed by atoms with van der Waals surface area (Å²) in [7, 11) is 0. The minimum Gasteiger partial charge on any atom is -0.356 e. The number of hydrogen-bond donors (Lipinski definition) is 5. The van der Waals surface area contributed by atoms with Gasteiger partial charge in [-0.15, -0.1) is 0 Å². The van der Waals surface area contributed by atoms with E-state index in [0.717, 1.165) is 64.2 Å². The van der Waals surface area contributed by atoms with Crippen LogP contribution in [0.25, 0.3) is 0 Å². The molecule has 0 aromatic carbocycles. The maximum atomic E-state index is 14.7. The van der Waals surface area contributed by atoms with Gasteiger partial charge in [0.05, 0.1) is 6.04 Å². The topological polar surface area (TPSA) is 187 Å². The van der Waals surface area contributed by atoms with E-state index < -0.39 is 59.0 Å². The molecule has 6 rings (SSSR count). The lowest BCUT2D eigenvalue weighted by molar-refractivity contribution is -0.160. The number of amides is 5. The highest BCUT2D eigenvalue weighted by Crippen LogP contribution is 2.54. The Hall–Kier alpha value is -4.03. The molecular weight excluding hydrogens is 664 g/mol. The smallest absolute Gasteiger partial charge is 0.289 e. The second-order valence-corrected chi connectivity index (χ2v) is 16.4. The number of ketones is 2. The van der Waals surface area contributed by atoms with Gasteiger partial charge in [0.15, 0.2) is 5.78 Å². The normalized spacial score (nSPS) is 27.9. The summed E-state index contributed by atoms with van der Waals surface area (Å²) in [6.45, 7) is 7.66. The third-order valence-corrected chi connectivity index (χ3v) is 12.6. The molecule has 1 aromatic rings. The van der Waals surface area contributed by atoms with Crippen molar-refractivity contribution in [2.24, 2.45) is 23.2 Å². The molecular formula is C39H56N6O7. The minimum atomic E-state index is -0.989. The van der Waals surface area contributed by atoms with Crippen LogP contribution in [0.15, 0.2) is 12.3 Å². The van der Waals surface area contributed by atoms with Crippen LogP contribution in [-0.2, 0) is 24.0 Å². The fraction of sp³-hybridized carbons (Fsp3) is 0.718. The lowest BCUT2D eigenvalue weighted by Gasteiger charge is -2.55. The second-order valence-electron chi connectivity index (χ2n) is 16.4. The van der Waals surface area contributed by atoms with E-state index in [9.17, 15) is 33.6 Å². The first-order valence-electron chi connectivity index (χ1n) is 19.7. The van der Waals surface area contributed by atoms with E-state index in [2.05, 4.69) is 26.3 Å². The molecule has 3 saturated carbocycles. The van der Waals surface area contributed by atoms with Crippen LogP contribution < -0.4 is 21.3 Å². The number of piperidine rings is 1. The van der Waals surface area contributed by atoms with Gasteiger partial charge in [-0.05, 0) is 80.6 Å². The van der Waals surface area contributed by atoms with Crippen molar-refractivity contribution in [3.8, 4) is 0 Å². The number of carbonyl (C=O) groups is 7. The van der Waals surface area contributed by atoms with Crippen LogP contribution in [0.1, 0.15) is 138 Å². The number of H-pyrrole nitrogens is 1. The zero-order valence-electron chi connectivity index (χ0n) is 31.1. The molecule has 13 heteroatoms. The summed E-state index contributed by atoms with van der Waals surface area (Å²) in [5, 5.41) is 11.6. The molecule has 284 valence electrons. The third-order valence-electron chi connectivity index (χ3n) is 12.6. The highest BCUT2D eigenvalue weighted by Gasteiger charge is 2.62. The van der Waals surface area contributed by atoms with Gasteiger partial charge in [0.1, 0.15) is 23.8 Å². The SMILES string of the molecule is CCC[C@H](NC(=O)[C@@H]1C[C@@H]2CCCC3[C@@H]2N1C(=O)[C@@H](NC(=O)[C@@H](NC(=O)c1cc(C(=O)CC)c[nH]1)C1CCCCC1)C3(C)C)C(=O)C(=O)NC1CC1. The van der Waals surface area contributed by atoms with Crippen LogP contribution in [0.2, 0.25) is 0 Å². The molecule has 5 aliphatic rings. The number of nitrogens with one attached hydrogen (secondary N) is 5. The van der Waals surface area contributed by atoms with Crippen LogP contribution in [0.3, 0.4) is 0 Å². The Morgan fingerprint density at radius 2 is 1.65 bits per heavy atom. The van der Waals surface area contributed by atoms with Crippen molar-refractivity contribution in [2.75, 3.05) is 0 Å². The molecule has 5 fully saturated rings. The highest BCUT2D eigenvalue weighted by atomic mass is 16.2. The number of Topliss-reactive ketones (excluding diaryl/α,β-unsaturated/α-hetero) is 2. The Kier molecular flexibility index (Phi) is 11.3. The Balaban J connectivity index is 1.23. The van der Waals surface area contributed by atoms with E-state index in [1.807, 2.05) is 20.8 Å². The summed E-state index contributed by atoms with van der Waals surface area (Å²) in [5.74, 6) is -3.19. The number of aromatic nitrogens is 1. The van der Waals surface area contributed by atoms with Gasteiger partial charge in [-0.3, -0.25) is 33.6 Å². The summed E-state index contributed by atoms with van der Waals surface area (Å²) in [5.41, 5.74) is -0.0566. The number of carbonyl (C=O) groups excluding carboxylic acids is 7. The predicted octanol–water partition coefficient (Wildman–Crippen LogP) is 3.33. The summed E-state index contributed by atoms with van der Waals surface area (Å²) in [4.78, 5) is 99.2. The summed E-state index contributed by atoms with van der Waals surface area (Å²) in [6.07, 6.45) is 11.9. The van der Waals surface area contributed by atoms with E-state index >= 15 is 0 Å². The number of nitrogens with zero attached hydrogens (tertiary/aromatic N) is 1. The van der Waals surface area contributed by atoms with Gasteiger partial charge in [0.25, 0.3) is 11.8 Å². The summed E-state index contributed by atoms with van der Waals surface area (Å²) in [6, 6.07) is -2.34. The van der Waals surface area contributed by atoms with Crippen molar-refractivity contribution in [3.05, 3.63) is 23.5 Å². The number of hydrogen-bond acceptors (Lipinski definition) is 7. The quantitative estimate of drug-likeness (QED) is 0.144. The van der Waals surface area contributed by atoms with Crippen LogP contribution in [0.5, 0.6) is 0 Å². The van der Waals surface area contributed by atoms with Gasteiger partial charge in [0, 0.05) is 30.3 Å². The molecule has 0 bridgehead atoms. The maximum absolute atomic E-state index is 14.7. The Morgan fingerprint density at radius 3 is 2.33 bits per heavy atom. The fourth-order valence-electron chi connectivity index (χ4n) is 9.51. The first-order valence-corrected chi connectivity index (χ1v) is 19.7. The van der Waals surface area contributed by atoms with E-state index in [-0.39, 0.29) is 47.2 Å². The first-order chi connectivity index (χ1) is 24.8. The molecule has 3 heterocycles. The third kappa shape index (κ3) is 7.55. The van der Waals surface area contributed by atoms with Crippen molar-refractivity contribution < 1.29 is 33.6 Å². The molecule has 1 unspecified atom stereocenters. The predicted molar refractivity (Wildman–Crippen MR) is 192 cm³/mol. The van der Waals surface area contributed by atoms with Gasteiger partial charge >= 0.3 is 0 Å². The van der Waals surface area contributed by atoms with Crippen LogP contribution in [0.4, 0.5) is 0 Å². The molecule has 2 saturated heterocycles. The molecule has 2 aliphatic heterocycles. The molecule has 5 N–H and O–H groups in total. The van der Waals surface area contributed by atoms with E-state index in [1.54, 1.807) is 11.8 Å². The van der Waals surface area contributed by atoms with Gasteiger partial charge in [-0.2, -0.15) is 0 Å². The second kappa shape index (κ2) is 15.5. The van der Waals surface area contributed by atoms with Crippen molar-refractivity contribution in [2.45, 2.75) is 154 Å². The largest absolute Gasteiger partial charge is 0.356 e. The van der Waals surface area contributed by atoms with E-state index in [4.69, 9.17) is 0 Å². The number of aromatic amines is 1. The van der Waals surface area contributed by atoms with Gasteiger partial charge in [-0.25, -0.2) is 0 Å². The lowest BCUT2D eigenvalue weighted by atomic mass is 9.60. The number of rotatable bonds is 14. The Labute approximate surface area is 305 Å². The fourth-order valence-corrected chi connectivity index (χ4v) is 9.51. The minimum absolute atomic E-state index is 0.00890. The summed E-state index contributed by atoms with van der Waals surface area (Å²) >= 11 is 0. The van der Waals surface area contributed by atoms with Crippen LogP contribution >= 0.6 is 0 Å². The van der Waals surface area contributed by atoms with Crippen molar-refractivity contribution >= 4 is 41.1 Å². The van der Waals surface area contributed by atoms with Crippen molar-refractivity contribution in [1.29, 1.82) is 0 Å². The Bertz CT molecular complexity index is 1580.